The fraction of sp³-hybridized carbons (Fsp3) is 0.250. The summed E-state index contributed by atoms with van der Waals surface area (Å²) in [6.45, 7) is 1.64. The summed E-state index contributed by atoms with van der Waals surface area (Å²) >= 11 is 0. The average Bonchev–Trinajstić information content (AvgIpc) is 2.41. The Morgan fingerprint density at radius 3 is 2.17 bits per heavy atom. The van der Waals surface area contributed by atoms with E-state index in [1.54, 1.807) is 0 Å². The van der Waals surface area contributed by atoms with Crippen LogP contribution in [0.2, 0.25) is 0 Å². The van der Waals surface area contributed by atoms with Gasteiger partial charge in [0.15, 0.2) is 0 Å². The van der Waals surface area contributed by atoms with Crippen LogP contribution in [0.1, 0.15) is 11.1 Å². The Hall–Kier alpha value is -1.80. The lowest BCUT2D eigenvalue weighted by molar-refractivity contribution is 0.919. The van der Waals surface area contributed by atoms with E-state index in [-0.39, 0.29) is 0 Å². The van der Waals surface area contributed by atoms with Gasteiger partial charge in [-0.05, 0) is 36.2 Å². The molecule has 0 saturated carbocycles. The molecule has 0 aliphatic rings. The van der Waals surface area contributed by atoms with E-state index in [0.29, 0.717) is 6.54 Å². The molecule has 0 heterocycles. The molecule has 0 unspecified atom stereocenters. The van der Waals surface area contributed by atoms with Gasteiger partial charge in [0, 0.05) is 19.3 Å². The zero-order valence-electron chi connectivity index (χ0n) is 10.8. The van der Waals surface area contributed by atoms with Crippen LogP contribution in [0, 0.1) is 0 Å². The lowest BCUT2D eigenvalue weighted by Gasteiger charge is -2.19. The molecule has 18 heavy (non-hydrogen) atoms. The van der Waals surface area contributed by atoms with Gasteiger partial charge in [-0.15, -0.1) is 0 Å². The molecule has 0 saturated heterocycles. The molecule has 0 fully saturated rings. The second kappa shape index (κ2) is 6.22. The first kappa shape index (κ1) is 12.7. The zero-order chi connectivity index (χ0) is 12.8. The Kier molecular flexibility index (Phi) is 4.37. The molecule has 0 aliphatic carbocycles. The molecule has 0 amide bonds. The molecule has 2 rings (SSSR count). The number of nitrogens with two attached hydrogens (primary N) is 1. The van der Waals surface area contributed by atoms with Crippen molar-refractivity contribution in [3.63, 3.8) is 0 Å². The van der Waals surface area contributed by atoms with E-state index < -0.39 is 0 Å². The first-order chi connectivity index (χ1) is 8.79. The molecule has 0 spiro atoms. The number of hydrogen-bond acceptors (Lipinski definition) is 2. The number of benzene rings is 2. The Morgan fingerprint density at radius 1 is 0.889 bits per heavy atom. The van der Waals surface area contributed by atoms with Crippen LogP contribution >= 0.6 is 0 Å². The van der Waals surface area contributed by atoms with E-state index in [2.05, 4.69) is 60.5 Å². The number of hydrogen-bond donors (Lipinski definition) is 1. The van der Waals surface area contributed by atoms with Gasteiger partial charge < -0.3 is 10.6 Å². The lowest BCUT2D eigenvalue weighted by Crippen LogP contribution is -2.16. The topological polar surface area (TPSA) is 29.3 Å². The van der Waals surface area contributed by atoms with E-state index in [4.69, 9.17) is 5.73 Å². The maximum atomic E-state index is 5.55. The quantitative estimate of drug-likeness (QED) is 0.870. The lowest BCUT2D eigenvalue weighted by atomic mass is 10.1. The molecule has 2 aromatic carbocycles. The Bertz CT molecular complexity index is 462. The molecule has 94 valence electrons. The van der Waals surface area contributed by atoms with Crippen LogP contribution < -0.4 is 10.6 Å². The van der Waals surface area contributed by atoms with Crippen LogP contribution in [0.15, 0.2) is 54.6 Å². The summed E-state index contributed by atoms with van der Waals surface area (Å²) in [7, 11) is 2.12. The fourth-order valence-corrected chi connectivity index (χ4v) is 2.03. The van der Waals surface area contributed by atoms with Crippen LogP contribution in [-0.2, 0) is 13.0 Å². The smallest absolute Gasteiger partial charge is 0.0426 e. The van der Waals surface area contributed by atoms with Gasteiger partial charge in [0.25, 0.3) is 0 Å². The highest BCUT2D eigenvalue weighted by atomic mass is 15.1. The van der Waals surface area contributed by atoms with Crippen molar-refractivity contribution < 1.29 is 0 Å². The Balaban J connectivity index is 2.02. The van der Waals surface area contributed by atoms with Crippen LogP contribution in [0.3, 0.4) is 0 Å². The maximum absolute atomic E-state index is 5.55. The van der Waals surface area contributed by atoms with Crippen molar-refractivity contribution in [2.24, 2.45) is 5.73 Å². The summed E-state index contributed by atoms with van der Waals surface area (Å²) in [5, 5.41) is 0. The minimum Gasteiger partial charge on any atom is -0.370 e. The summed E-state index contributed by atoms with van der Waals surface area (Å²) in [6.07, 6.45) is 0.947. The minimum absolute atomic E-state index is 0.708. The first-order valence-corrected chi connectivity index (χ1v) is 6.33. The van der Waals surface area contributed by atoms with Crippen molar-refractivity contribution >= 4 is 5.69 Å². The summed E-state index contributed by atoms with van der Waals surface area (Å²) in [5.41, 5.74) is 9.41. The summed E-state index contributed by atoms with van der Waals surface area (Å²) in [5.74, 6) is 0. The van der Waals surface area contributed by atoms with Gasteiger partial charge >= 0.3 is 0 Å². The fourth-order valence-electron chi connectivity index (χ4n) is 2.03. The molecular formula is C16H20N2. The molecule has 0 aliphatic heterocycles. The van der Waals surface area contributed by atoms with Crippen LogP contribution in [0.4, 0.5) is 5.69 Å². The molecule has 2 heteroatoms. The molecule has 0 bridgehead atoms. The molecule has 2 aromatic rings. The second-order valence-corrected chi connectivity index (χ2v) is 4.55. The highest BCUT2D eigenvalue weighted by molar-refractivity contribution is 5.47. The van der Waals surface area contributed by atoms with Crippen molar-refractivity contribution in [2.45, 2.75) is 13.0 Å². The van der Waals surface area contributed by atoms with Crippen LogP contribution in [0.25, 0.3) is 0 Å². The van der Waals surface area contributed by atoms with Gasteiger partial charge in [0.05, 0.1) is 0 Å². The SMILES string of the molecule is CN(Cc1ccccc1)c1ccc(CCN)cc1. The van der Waals surface area contributed by atoms with Crippen LogP contribution in [-0.4, -0.2) is 13.6 Å². The number of anilines is 1. The van der Waals surface area contributed by atoms with E-state index in [9.17, 15) is 0 Å². The summed E-state index contributed by atoms with van der Waals surface area (Å²) in [4.78, 5) is 2.25. The Morgan fingerprint density at radius 2 is 1.56 bits per heavy atom. The molecular weight excluding hydrogens is 220 g/mol. The molecule has 0 atom stereocenters. The number of nitrogens with zero attached hydrogens (tertiary/aromatic N) is 1. The average molecular weight is 240 g/mol. The highest BCUT2D eigenvalue weighted by Crippen LogP contribution is 2.16. The first-order valence-electron chi connectivity index (χ1n) is 6.33. The van der Waals surface area contributed by atoms with Gasteiger partial charge in [-0.3, -0.25) is 0 Å². The molecule has 2 nitrogen and oxygen atoms in total. The monoisotopic (exact) mass is 240 g/mol. The minimum atomic E-state index is 0.708. The van der Waals surface area contributed by atoms with Crippen molar-refractivity contribution in [3.05, 3.63) is 65.7 Å². The van der Waals surface area contributed by atoms with E-state index in [1.165, 1.54) is 16.8 Å². The highest BCUT2D eigenvalue weighted by Gasteiger charge is 2.01. The zero-order valence-corrected chi connectivity index (χ0v) is 10.8. The molecule has 0 aromatic heterocycles. The van der Waals surface area contributed by atoms with Crippen molar-refractivity contribution in [1.29, 1.82) is 0 Å². The van der Waals surface area contributed by atoms with Gasteiger partial charge in [0.2, 0.25) is 0 Å². The third kappa shape index (κ3) is 3.34. The van der Waals surface area contributed by atoms with Gasteiger partial charge in [0.1, 0.15) is 0 Å². The standard InChI is InChI=1S/C16H20N2/c1-18(13-15-5-3-2-4-6-15)16-9-7-14(8-10-16)11-12-17/h2-10H,11-13,17H2,1H3. The predicted molar refractivity (Wildman–Crippen MR) is 77.7 cm³/mol. The van der Waals surface area contributed by atoms with E-state index in [0.717, 1.165) is 13.0 Å². The number of rotatable bonds is 5. The largest absolute Gasteiger partial charge is 0.370 e. The second-order valence-electron chi connectivity index (χ2n) is 4.55. The normalized spacial score (nSPS) is 10.3. The van der Waals surface area contributed by atoms with E-state index in [1.807, 2.05) is 6.07 Å². The van der Waals surface area contributed by atoms with Crippen molar-refractivity contribution in [1.82, 2.24) is 0 Å². The van der Waals surface area contributed by atoms with Gasteiger partial charge in [-0.25, -0.2) is 0 Å². The Labute approximate surface area is 109 Å². The molecule has 2 N–H and O–H groups in total. The molecule has 0 radical (unpaired) electrons. The summed E-state index contributed by atoms with van der Waals surface area (Å²) in [6, 6.07) is 19.1. The summed E-state index contributed by atoms with van der Waals surface area (Å²) < 4.78 is 0. The van der Waals surface area contributed by atoms with Crippen molar-refractivity contribution in [2.75, 3.05) is 18.5 Å². The van der Waals surface area contributed by atoms with Crippen molar-refractivity contribution in [3.8, 4) is 0 Å². The third-order valence-electron chi connectivity index (χ3n) is 3.07. The third-order valence-corrected chi connectivity index (χ3v) is 3.07. The van der Waals surface area contributed by atoms with Gasteiger partial charge in [-0.2, -0.15) is 0 Å². The maximum Gasteiger partial charge on any atom is 0.0426 e. The van der Waals surface area contributed by atoms with Crippen LogP contribution in [0.5, 0.6) is 0 Å². The predicted octanol–water partition coefficient (Wildman–Crippen LogP) is 2.82. The van der Waals surface area contributed by atoms with Gasteiger partial charge in [-0.1, -0.05) is 42.5 Å². The van der Waals surface area contributed by atoms with E-state index >= 15 is 0 Å².